The Balaban J connectivity index is 1.75. The van der Waals surface area contributed by atoms with Crippen molar-refractivity contribution >= 4 is 0 Å². The summed E-state index contributed by atoms with van der Waals surface area (Å²) < 4.78 is 0. The maximum Gasteiger partial charge on any atom is 0.0297 e. The van der Waals surface area contributed by atoms with E-state index in [2.05, 4.69) is 36.4 Å². The van der Waals surface area contributed by atoms with E-state index in [0.717, 1.165) is 6.42 Å². The summed E-state index contributed by atoms with van der Waals surface area (Å²) in [6.45, 7) is 0. The topological polar surface area (TPSA) is 26.0 Å². The smallest absolute Gasteiger partial charge is 0.0297 e. The van der Waals surface area contributed by atoms with Crippen molar-refractivity contribution in [3.05, 3.63) is 58.7 Å². The number of benzene rings is 2. The van der Waals surface area contributed by atoms with E-state index in [4.69, 9.17) is 5.73 Å². The molecule has 0 aromatic heterocycles. The van der Waals surface area contributed by atoms with Crippen LogP contribution in [0.4, 0.5) is 0 Å². The highest BCUT2D eigenvalue weighted by molar-refractivity contribution is 5.67. The Morgan fingerprint density at radius 3 is 2.24 bits per heavy atom. The van der Waals surface area contributed by atoms with Gasteiger partial charge in [-0.15, -0.1) is 0 Å². The average Bonchev–Trinajstić information content (AvgIpc) is 2.54. The van der Waals surface area contributed by atoms with E-state index in [1.165, 1.54) is 60.8 Å². The number of aryl methyl sites for hydroxylation is 3. The molecular weight excluding hydrogens is 254 g/mol. The number of nitrogens with two attached hydrogens (primary N) is 1. The number of fused-ring (bicyclic) bond motifs is 2. The first kappa shape index (κ1) is 13.1. The van der Waals surface area contributed by atoms with Gasteiger partial charge >= 0.3 is 0 Å². The summed E-state index contributed by atoms with van der Waals surface area (Å²) >= 11 is 0. The minimum absolute atomic E-state index is 0.228. The summed E-state index contributed by atoms with van der Waals surface area (Å²) in [5.74, 6) is 0. The maximum atomic E-state index is 6.30. The van der Waals surface area contributed by atoms with Crippen molar-refractivity contribution in [2.24, 2.45) is 5.73 Å². The summed E-state index contributed by atoms with van der Waals surface area (Å²) in [6.07, 6.45) is 8.73. The van der Waals surface area contributed by atoms with E-state index in [1.807, 2.05) is 0 Å². The normalized spacial score (nSPS) is 20.7. The lowest BCUT2D eigenvalue weighted by molar-refractivity contribution is 0.571. The zero-order valence-corrected chi connectivity index (χ0v) is 12.6. The molecule has 1 nitrogen and oxygen atoms in total. The Hall–Kier alpha value is -1.60. The number of rotatable bonds is 1. The third kappa shape index (κ3) is 2.40. The molecule has 108 valence electrons. The molecule has 0 saturated carbocycles. The van der Waals surface area contributed by atoms with E-state index >= 15 is 0 Å². The van der Waals surface area contributed by atoms with Crippen LogP contribution in [-0.2, 0) is 19.3 Å². The van der Waals surface area contributed by atoms with Crippen LogP contribution in [0.2, 0.25) is 0 Å². The van der Waals surface area contributed by atoms with Crippen molar-refractivity contribution in [3.8, 4) is 11.1 Å². The number of hydrogen-bond acceptors (Lipinski definition) is 1. The fraction of sp³-hybridized carbons (Fsp3) is 0.400. The molecule has 2 aromatic carbocycles. The predicted molar refractivity (Wildman–Crippen MR) is 88.4 cm³/mol. The van der Waals surface area contributed by atoms with Gasteiger partial charge in [0.2, 0.25) is 0 Å². The van der Waals surface area contributed by atoms with Crippen LogP contribution in [-0.4, -0.2) is 0 Å². The van der Waals surface area contributed by atoms with Crippen LogP contribution in [0.1, 0.15) is 54.0 Å². The standard InChI is InChI=1S/C20H23N/c21-20-7-3-6-15-9-11-18(13-19(15)20)17-10-8-14-4-1-2-5-16(14)12-17/h8-13,20H,1-7,21H2. The van der Waals surface area contributed by atoms with Gasteiger partial charge in [0.05, 0.1) is 0 Å². The molecule has 1 unspecified atom stereocenters. The van der Waals surface area contributed by atoms with Crippen molar-refractivity contribution in [2.45, 2.75) is 51.0 Å². The molecule has 2 aromatic rings. The zero-order chi connectivity index (χ0) is 14.2. The maximum absolute atomic E-state index is 6.30. The van der Waals surface area contributed by atoms with Gasteiger partial charge in [-0.2, -0.15) is 0 Å². The van der Waals surface area contributed by atoms with E-state index in [1.54, 1.807) is 11.1 Å². The van der Waals surface area contributed by atoms with E-state index in [9.17, 15) is 0 Å². The second-order valence-corrected chi connectivity index (χ2v) is 6.60. The van der Waals surface area contributed by atoms with Gasteiger partial charge in [-0.05, 0) is 84.4 Å². The molecule has 2 N–H and O–H groups in total. The second-order valence-electron chi connectivity index (χ2n) is 6.60. The Morgan fingerprint density at radius 1 is 0.714 bits per heavy atom. The second kappa shape index (κ2) is 5.31. The predicted octanol–water partition coefficient (Wildman–Crippen LogP) is 4.57. The molecule has 0 aliphatic heterocycles. The molecule has 21 heavy (non-hydrogen) atoms. The van der Waals surface area contributed by atoms with Crippen LogP contribution in [0.25, 0.3) is 11.1 Å². The fourth-order valence-electron chi connectivity index (χ4n) is 3.93. The molecule has 4 rings (SSSR count). The van der Waals surface area contributed by atoms with Crippen LogP contribution in [0.15, 0.2) is 36.4 Å². The quantitative estimate of drug-likeness (QED) is 0.812. The van der Waals surface area contributed by atoms with Crippen molar-refractivity contribution in [2.75, 3.05) is 0 Å². The van der Waals surface area contributed by atoms with Crippen molar-refractivity contribution < 1.29 is 0 Å². The lowest BCUT2D eigenvalue weighted by Gasteiger charge is -2.23. The third-order valence-electron chi connectivity index (χ3n) is 5.19. The van der Waals surface area contributed by atoms with Gasteiger partial charge in [0.25, 0.3) is 0 Å². The molecule has 0 radical (unpaired) electrons. The summed E-state index contributed by atoms with van der Waals surface area (Å²) in [6, 6.07) is 14.2. The summed E-state index contributed by atoms with van der Waals surface area (Å²) in [5.41, 5.74) is 14.9. The van der Waals surface area contributed by atoms with Crippen LogP contribution in [0.3, 0.4) is 0 Å². The van der Waals surface area contributed by atoms with Crippen LogP contribution in [0.5, 0.6) is 0 Å². The summed E-state index contributed by atoms with van der Waals surface area (Å²) in [5, 5.41) is 0. The number of hydrogen-bond donors (Lipinski definition) is 1. The van der Waals surface area contributed by atoms with Crippen molar-refractivity contribution in [1.82, 2.24) is 0 Å². The lowest BCUT2D eigenvalue weighted by Crippen LogP contribution is -2.17. The summed E-state index contributed by atoms with van der Waals surface area (Å²) in [4.78, 5) is 0. The molecule has 0 bridgehead atoms. The van der Waals surface area contributed by atoms with Gasteiger partial charge in [-0.25, -0.2) is 0 Å². The minimum Gasteiger partial charge on any atom is -0.324 e. The van der Waals surface area contributed by atoms with Gasteiger partial charge in [-0.1, -0.05) is 30.3 Å². The first-order chi connectivity index (χ1) is 10.3. The zero-order valence-electron chi connectivity index (χ0n) is 12.6. The molecule has 0 heterocycles. The third-order valence-corrected chi connectivity index (χ3v) is 5.19. The molecule has 0 spiro atoms. The van der Waals surface area contributed by atoms with Gasteiger partial charge in [0.1, 0.15) is 0 Å². The van der Waals surface area contributed by atoms with Gasteiger partial charge in [0, 0.05) is 6.04 Å². The highest BCUT2D eigenvalue weighted by Crippen LogP contribution is 2.33. The van der Waals surface area contributed by atoms with Crippen molar-refractivity contribution in [1.29, 1.82) is 0 Å². The average molecular weight is 277 g/mol. The molecule has 0 saturated heterocycles. The molecule has 0 fully saturated rings. The van der Waals surface area contributed by atoms with E-state index < -0.39 is 0 Å². The Morgan fingerprint density at radius 2 is 1.38 bits per heavy atom. The molecule has 1 atom stereocenters. The van der Waals surface area contributed by atoms with Crippen LogP contribution < -0.4 is 5.73 Å². The highest BCUT2D eigenvalue weighted by Gasteiger charge is 2.17. The monoisotopic (exact) mass is 277 g/mol. The Bertz CT molecular complexity index is 672. The Labute approximate surface area is 127 Å². The van der Waals surface area contributed by atoms with Crippen LogP contribution >= 0.6 is 0 Å². The largest absolute Gasteiger partial charge is 0.324 e. The Kier molecular flexibility index (Phi) is 3.31. The molecule has 1 heteroatoms. The van der Waals surface area contributed by atoms with E-state index in [0.29, 0.717) is 0 Å². The molecule has 0 amide bonds. The highest BCUT2D eigenvalue weighted by atomic mass is 14.6. The van der Waals surface area contributed by atoms with E-state index in [-0.39, 0.29) is 6.04 Å². The van der Waals surface area contributed by atoms with Gasteiger partial charge in [0.15, 0.2) is 0 Å². The lowest BCUT2D eigenvalue weighted by atomic mass is 9.85. The SMILES string of the molecule is NC1CCCc2ccc(-c3ccc4c(c3)CCCC4)cc21. The molecule has 2 aliphatic carbocycles. The van der Waals surface area contributed by atoms with Gasteiger partial charge in [-0.3, -0.25) is 0 Å². The van der Waals surface area contributed by atoms with Crippen molar-refractivity contribution in [3.63, 3.8) is 0 Å². The fourth-order valence-corrected chi connectivity index (χ4v) is 3.93. The summed E-state index contributed by atoms with van der Waals surface area (Å²) in [7, 11) is 0. The van der Waals surface area contributed by atoms with Crippen LogP contribution in [0, 0.1) is 0 Å². The van der Waals surface area contributed by atoms with Gasteiger partial charge < -0.3 is 5.73 Å². The molecule has 2 aliphatic rings. The first-order valence-electron chi connectivity index (χ1n) is 8.32. The molecular formula is C20H23N. The minimum atomic E-state index is 0.228. The first-order valence-corrected chi connectivity index (χ1v) is 8.32.